The van der Waals surface area contributed by atoms with E-state index in [1.165, 1.54) is 0 Å². The van der Waals surface area contributed by atoms with E-state index in [1.54, 1.807) is 42.5 Å². The number of rotatable bonds is 7. The molecule has 2 aromatic carbocycles. The predicted molar refractivity (Wildman–Crippen MR) is 96.4 cm³/mol. The number of benzene rings is 2. The van der Waals surface area contributed by atoms with Crippen molar-refractivity contribution in [1.82, 2.24) is 0 Å². The van der Waals surface area contributed by atoms with Gasteiger partial charge < -0.3 is 4.74 Å². The molecule has 0 saturated carbocycles. The van der Waals surface area contributed by atoms with Crippen LogP contribution < -0.4 is 4.74 Å². The van der Waals surface area contributed by atoms with Gasteiger partial charge in [-0.1, -0.05) is 42.0 Å². The summed E-state index contributed by atoms with van der Waals surface area (Å²) in [6.45, 7) is 3.81. The molecule has 26 heavy (non-hydrogen) atoms. The number of carbonyl (C=O) groups is 1. The highest BCUT2D eigenvalue weighted by atomic mass is 19.4. The number of allylic oxidation sites excluding steroid dienone is 2. The SMILES string of the molecule is C/C(=C/C(=O)c1ccc(C)cc1)c1ccc(OCCCC(F)(F)F)cc1. The van der Waals surface area contributed by atoms with E-state index < -0.39 is 12.6 Å². The largest absolute Gasteiger partial charge is 0.494 e. The normalized spacial score (nSPS) is 12.1. The van der Waals surface area contributed by atoms with Crippen LogP contribution in [0.1, 0.15) is 41.3 Å². The molecule has 0 aliphatic rings. The van der Waals surface area contributed by atoms with Crippen molar-refractivity contribution in [3.05, 3.63) is 71.3 Å². The summed E-state index contributed by atoms with van der Waals surface area (Å²) in [5.41, 5.74) is 3.37. The van der Waals surface area contributed by atoms with Gasteiger partial charge in [0.1, 0.15) is 5.75 Å². The zero-order chi connectivity index (χ0) is 19.2. The number of hydrogen-bond acceptors (Lipinski definition) is 2. The van der Waals surface area contributed by atoms with Gasteiger partial charge in [-0.3, -0.25) is 4.79 Å². The number of hydrogen-bond donors (Lipinski definition) is 0. The maximum absolute atomic E-state index is 12.3. The van der Waals surface area contributed by atoms with Crippen LogP contribution in [0.5, 0.6) is 5.75 Å². The molecule has 0 fully saturated rings. The van der Waals surface area contributed by atoms with Gasteiger partial charge in [0.15, 0.2) is 5.78 Å². The van der Waals surface area contributed by atoms with Crippen LogP contribution in [0.25, 0.3) is 5.57 Å². The first-order valence-corrected chi connectivity index (χ1v) is 8.34. The van der Waals surface area contributed by atoms with Crippen molar-refractivity contribution >= 4 is 11.4 Å². The van der Waals surface area contributed by atoms with Crippen molar-refractivity contribution < 1.29 is 22.7 Å². The van der Waals surface area contributed by atoms with Crippen molar-refractivity contribution in [2.75, 3.05) is 6.61 Å². The van der Waals surface area contributed by atoms with Crippen LogP contribution in [0.4, 0.5) is 13.2 Å². The van der Waals surface area contributed by atoms with Crippen LogP contribution in [0, 0.1) is 6.92 Å². The number of ketones is 1. The smallest absolute Gasteiger partial charge is 0.389 e. The molecule has 0 bridgehead atoms. The zero-order valence-corrected chi connectivity index (χ0v) is 14.8. The summed E-state index contributed by atoms with van der Waals surface area (Å²) >= 11 is 0. The van der Waals surface area contributed by atoms with Crippen molar-refractivity contribution in [3.8, 4) is 5.75 Å². The Kier molecular flexibility index (Phi) is 6.61. The maximum Gasteiger partial charge on any atom is 0.389 e. The maximum atomic E-state index is 12.3. The highest BCUT2D eigenvalue weighted by Crippen LogP contribution is 2.22. The molecule has 0 amide bonds. The van der Waals surface area contributed by atoms with Gasteiger partial charge in [0.2, 0.25) is 0 Å². The molecule has 0 atom stereocenters. The molecular formula is C21H21F3O2. The van der Waals surface area contributed by atoms with Gasteiger partial charge in [-0.25, -0.2) is 0 Å². The number of alkyl halides is 3. The summed E-state index contributed by atoms with van der Waals surface area (Å²) < 4.78 is 41.6. The Balaban J connectivity index is 1.94. The summed E-state index contributed by atoms with van der Waals surface area (Å²) in [4.78, 5) is 12.3. The number of ether oxygens (including phenoxy) is 1. The first-order chi connectivity index (χ1) is 12.2. The molecule has 0 saturated heterocycles. The molecule has 2 aromatic rings. The second kappa shape index (κ2) is 8.70. The van der Waals surface area contributed by atoms with Crippen molar-refractivity contribution in [2.45, 2.75) is 32.9 Å². The van der Waals surface area contributed by atoms with E-state index >= 15 is 0 Å². The third-order valence-electron chi connectivity index (χ3n) is 3.87. The fourth-order valence-electron chi connectivity index (χ4n) is 2.36. The van der Waals surface area contributed by atoms with E-state index in [-0.39, 0.29) is 18.8 Å². The molecule has 5 heteroatoms. The van der Waals surface area contributed by atoms with Crippen LogP contribution in [0.2, 0.25) is 0 Å². The highest BCUT2D eigenvalue weighted by molar-refractivity contribution is 6.08. The monoisotopic (exact) mass is 362 g/mol. The number of aryl methyl sites for hydroxylation is 1. The lowest BCUT2D eigenvalue weighted by molar-refractivity contribution is -0.136. The molecule has 0 N–H and O–H groups in total. The van der Waals surface area contributed by atoms with Gasteiger partial charge in [0.05, 0.1) is 6.61 Å². The second-order valence-electron chi connectivity index (χ2n) is 6.15. The van der Waals surface area contributed by atoms with E-state index in [2.05, 4.69) is 0 Å². The lowest BCUT2D eigenvalue weighted by atomic mass is 10.0. The Morgan fingerprint density at radius 3 is 2.15 bits per heavy atom. The van der Waals surface area contributed by atoms with Crippen molar-refractivity contribution in [3.63, 3.8) is 0 Å². The Bertz CT molecular complexity index is 757. The quantitative estimate of drug-likeness (QED) is 0.343. The molecule has 0 spiro atoms. The number of halogens is 3. The fraction of sp³-hybridized carbons (Fsp3) is 0.286. The molecule has 0 aliphatic carbocycles. The van der Waals surface area contributed by atoms with E-state index in [1.807, 2.05) is 26.0 Å². The summed E-state index contributed by atoms with van der Waals surface area (Å²) in [7, 11) is 0. The summed E-state index contributed by atoms with van der Waals surface area (Å²) in [6.07, 6.45) is -3.51. The van der Waals surface area contributed by atoms with Gasteiger partial charge in [0.25, 0.3) is 0 Å². The van der Waals surface area contributed by atoms with Gasteiger partial charge in [-0.15, -0.1) is 0 Å². The Morgan fingerprint density at radius 2 is 1.58 bits per heavy atom. The molecular weight excluding hydrogens is 341 g/mol. The van der Waals surface area contributed by atoms with Crippen LogP contribution >= 0.6 is 0 Å². The second-order valence-corrected chi connectivity index (χ2v) is 6.15. The lowest BCUT2D eigenvalue weighted by Gasteiger charge is -2.09. The molecule has 2 nitrogen and oxygen atoms in total. The van der Waals surface area contributed by atoms with E-state index in [4.69, 9.17) is 4.74 Å². The van der Waals surface area contributed by atoms with Crippen LogP contribution in [0.15, 0.2) is 54.6 Å². The molecule has 2 rings (SSSR count). The third-order valence-corrected chi connectivity index (χ3v) is 3.87. The van der Waals surface area contributed by atoms with Gasteiger partial charge >= 0.3 is 6.18 Å². The van der Waals surface area contributed by atoms with Gasteiger partial charge in [0, 0.05) is 12.0 Å². The van der Waals surface area contributed by atoms with Gasteiger partial charge in [-0.2, -0.15) is 13.2 Å². The average Bonchev–Trinajstić information content (AvgIpc) is 2.59. The molecule has 0 aliphatic heterocycles. The number of carbonyl (C=O) groups excluding carboxylic acids is 1. The molecule has 0 unspecified atom stereocenters. The highest BCUT2D eigenvalue weighted by Gasteiger charge is 2.26. The van der Waals surface area contributed by atoms with E-state index in [0.29, 0.717) is 11.3 Å². The molecule has 0 radical (unpaired) electrons. The standard InChI is InChI=1S/C21H21F3O2/c1-15-4-6-18(7-5-15)20(25)14-16(2)17-8-10-19(11-9-17)26-13-3-12-21(22,23)24/h4-11,14H,3,12-13H2,1-2H3/b16-14-. The Hall–Kier alpha value is -2.56. The Labute approximate surface area is 151 Å². The van der Waals surface area contributed by atoms with Crippen molar-refractivity contribution in [2.24, 2.45) is 0 Å². The predicted octanol–water partition coefficient (Wildman–Crippen LogP) is 6.00. The minimum atomic E-state index is -4.15. The minimum absolute atomic E-state index is 0.0135. The van der Waals surface area contributed by atoms with Crippen LogP contribution in [0.3, 0.4) is 0 Å². The zero-order valence-electron chi connectivity index (χ0n) is 14.8. The van der Waals surface area contributed by atoms with E-state index in [9.17, 15) is 18.0 Å². The summed E-state index contributed by atoms with van der Waals surface area (Å²) in [5.74, 6) is 0.434. The Morgan fingerprint density at radius 1 is 1.00 bits per heavy atom. The van der Waals surface area contributed by atoms with Gasteiger partial charge in [-0.05, 0) is 49.6 Å². The summed E-state index contributed by atoms with van der Waals surface area (Å²) in [5, 5.41) is 0. The third kappa shape index (κ3) is 6.39. The first kappa shape index (κ1) is 19.8. The van der Waals surface area contributed by atoms with Crippen molar-refractivity contribution in [1.29, 1.82) is 0 Å². The first-order valence-electron chi connectivity index (χ1n) is 8.34. The average molecular weight is 362 g/mol. The lowest BCUT2D eigenvalue weighted by Crippen LogP contribution is -2.09. The fourth-order valence-corrected chi connectivity index (χ4v) is 2.36. The molecule has 0 heterocycles. The topological polar surface area (TPSA) is 26.3 Å². The summed E-state index contributed by atoms with van der Waals surface area (Å²) in [6, 6.07) is 14.3. The van der Waals surface area contributed by atoms with E-state index in [0.717, 1.165) is 16.7 Å². The minimum Gasteiger partial charge on any atom is -0.494 e. The molecule has 138 valence electrons. The van der Waals surface area contributed by atoms with Crippen LogP contribution in [-0.4, -0.2) is 18.6 Å². The molecule has 0 aromatic heterocycles. The van der Waals surface area contributed by atoms with Crippen LogP contribution in [-0.2, 0) is 0 Å².